The van der Waals surface area contributed by atoms with E-state index in [1.54, 1.807) is 36.4 Å². The number of hydrogen-bond acceptors (Lipinski definition) is 4. The van der Waals surface area contributed by atoms with E-state index >= 15 is 0 Å². The van der Waals surface area contributed by atoms with Crippen molar-refractivity contribution in [2.45, 2.75) is 58.0 Å². The molecule has 1 aliphatic heterocycles. The van der Waals surface area contributed by atoms with Crippen LogP contribution in [0.1, 0.15) is 52.5 Å². The maximum Gasteiger partial charge on any atom is 0.124 e. The van der Waals surface area contributed by atoms with Crippen molar-refractivity contribution in [3.63, 3.8) is 0 Å². The van der Waals surface area contributed by atoms with E-state index < -0.39 is 0 Å². The summed E-state index contributed by atoms with van der Waals surface area (Å²) < 4.78 is 0. The van der Waals surface area contributed by atoms with Crippen LogP contribution in [-0.4, -0.2) is 27.6 Å². The average Bonchev–Trinajstić information content (AvgIpc) is 2.41. The number of allylic oxidation sites excluding steroid dienone is 2. The maximum absolute atomic E-state index is 9.79. The lowest BCUT2D eigenvalue weighted by Crippen LogP contribution is -2.57. The van der Waals surface area contributed by atoms with Gasteiger partial charge in [-0.3, -0.25) is 0 Å². The summed E-state index contributed by atoms with van der Waals surface area (Å²) in [5.41, 5.74) is 1.42. The first-order valence-electron chi connectivity index (χ1n) is 8.50. The van der Waals surface area contributed by atoms with E-state index in [1.165, 1.54) is 0 Å². The lowest BCUT2D eigenvalue weighted by atomic mass is 9.74. The van der Waals surface area contributed by atoms with Crippen LogP contribution in [-0.2, 0) is 0 Å². The number of aromatic hydroxyl groups is 1. The summed E-state index contributed by atoms with van der Waals surface area (Å²) in [6.07, 6.45) is 6.11. The van der Waals surface area contributed by atoms with Crippen molar-refractivity contribution in [2.75, 3.05) is 0 Å². The molecule has 1 heterocycles. The lowest BCUT2D eigenvalue weighted by molar-refractivity contribution is 0.132. The Morgan fingerprint density at radius 2 is 1.71 bits per heavy atom. The molecule has 0 radical (unpaired) electrons. The number of para-hydroxylation sites is 1. The number of piperidine rings is 1. The molecule has 0 bridgehead atoms. The summed E-state index contributed by atoms with van der Waals surface area (Å²) in [6.45, 7) is 8.87. The van der Waals surface area contributed by atoms with Crippen molar-refractivity contribution in [3.8, 4) is 5.75 Å². The van der Waals surface area contributed by atoms with E-state index in [9.17, 15) is 5.11 Å². The molecule has 0 amide bonds. The second kappa shape index (κ2) is 6.89. The molecule has 130 valence electrons. The normalized spacial score (nSPS) is 20.2. The number of hydrogen-bond donors (Lipinski definition) is 4. The van der Waals surface area contributed by atoms with Crippen molar-refractivity contribution in [3.05, 3.63) is 42.0 Å². The van der Waals surface area contributed by atoms with Crippen molar-refractivity contribution in [1.82, 2.24) is 5.32 Å². The Labute approximate surface area is 145 Å². The Bertz CT molecular complexity index is 643. The van der Waals surface area contributed by atoms with Crippen LogP contribution in [0.15, 0.2) is 36.4 Å². The highest BCUT2D eigenvalue weighted by Crippen LogP contribution is 2.34. The average molecular weight is 327 g/mol. The van der Waals surface area contributed by atoms with E-state index in [2.05, 4.69) is 33.0 Å². The Kier molecular flexibility index (Phi) is 5.29. The molecule has 0 saturated carbocycles. The maximum atomic E-state index is 9.79. The largest absolute Gasteiger partial charge is 0.507 e. The van der Waals surface area contributed by atoms with Gasteiger partial charge in [0.25, 0.3) is 0 Å². The number of phenols is 1. The summed E-state index contributed by atoms with van der Waals surface area (Å²) in [5.74, 6) is 0.563. The van der Waals surface area contributed by atoms with Crippen LogP contribution in [0.4, 0.5) is 0 Å². The monoisotopic (exact) mass is 327 g/mol. The summed E-state index contributed by atoms with van der Waals surface area (Å²) >= 11 is 0. The molecule has 4 N–H and O–H groups in total. The number of phenolic OH excluding ortho intramolecular Hbond substituents is 1. The molecule has 24 heavy (non-hydrogen) atoms. The van der Waals surface area contributed by atoms with Gasteiger partial charge in [-0.2, -0.15) is 0 Å². The number of benzene rings is 1. The zero-order chi connectivity index (χ0) is 18.0. The highest BCUT2D eigenvalue weighted by molar-refractivity contribution is 6.11. The van der Waals surface area contributed by atoms with Gasteiger partial charge in [-0.1, -0.05) is 12.1 Å². The second-order valence-electron chi connectivity index (χ2n) is 8.16. The zero-order valence-electron chi connectivity index (χ0n) is 15.1. The standard InChI is InChI=1S/C20H29N3O/c1-19(2)12-14(13-20(3,4)23-19)11-15(21)9-10-17(22)16-7-5-6-8-18(16)24/h5-10,14,21-24H,11-13H2,1-4H3/b10-9-,21-15?,22-17?. The third-order valence-electron chi connectivity index (χ3n) is 4.43. The molecular formula is C20H29N3O. The van der Waals surface area contributed by atoms with Crippen molar-refractivity contribution >= 4 is 11.4 Å². The predicted molar refractivity (Wildman–Crippen MR) is 100 cm³/mol. The van der Waals surface area contributed by atoms with Gasteiger partial charge in [-0.15, -0.1) is 0 Å². The van der Waals surface area contributed by atoms with Crippen molar-refractivity contribution in [1.29, 1.82) is 10.8 Å². The second-order valence-corrected chi connectivity index (χ2v) is 8.16. The number of rotatable bonds is 5. The van der Waals surface area contributed by atoms with Gasteiger partial charge < -0.3 is 21.2 Å². The number of nitrogens with one attached hydrogen (secondary N) is 3. The third kappa shape index (κ3) is 5.03. The molecule has 4 heteroatoms. The lowest BCUT2D eigenvalue weighted by Gasteiger charge is -2.46. The first kappa shape index (κ1) is 18.4. The van der Waals surface area contributed by atoms with Gasteiger partial charge in [0, 0.05) is 22.4 Å². The summed E-state index contributed by atoms with van der Waals surface area (Å²) in [6, 6.07) is 6.81. The quantitative estimate of drug-likeness (QED) is 0.609. The SMILES string of the molecule is CC1(C)CC(CC(=N)/C=C\C(=N)c2ccccc2O)CC(C)(C)N1. The fraction of sp³-hybridized carbons (Fsp3) is 0.500. The Morgan fingerprint density at radius 1 is 1.12 bits per heavy atom. The van der Waals surface area contributed by atoms with Crippen LogP contribution >= 0.6 is 0 Å². The minimum absolute atomic E-state index is 0.0823. The van der Waals surface area contributed by atoms with Crippen molar-refractivity contribution < 1.29 is 5.11 Å². The molecule has 1 aromatic carbocycles. The van der Waals surface area contributed by atoms with Crippen LogP contribution < -0.4 is 5.32 Å². The molecule has 0 unspecified atom stereocenters. The molecule has 0 aromatic heterocycles. The fourth-order valence-electron chi connectivity index (χ4n) is 4.03. The first-order chi connectivity index (χ1) is 11.1. The van der Waals surface area contributed by atoms with Gasteiger partial charge >= 0.3 is 0 Å². The molecule has 0 spiro atoms. The summed E-state index contributed by atoms with van der Waals surface area (Å²) in [4.78, 5) is 0. The molecule has 0 aliphatic carbocycles. The van der Waals surface area contributed by atoms with Gasteiger partial charge in [0.05, 0.1) is 5.71 Å². The Morgan fingerprint density at radius 3 is 2.29 bits per heavy atom. The molecular weight excluding hydrogens is 298 g/mol. The minimum Gasteiger partial charge on any atom is -0.507 e. The van der Waals surface area contributed by atoms with Gasteiger partial charge in [-0.05, 0) is 77.2 Å². The topological polar surface area (TPSA) is 80.0 Å². The molecule has 1 saturated heterocycles. The van der Waals surface area contributed by atoms with E-state index in [4.69, 9.17) is 10.8 Å². The highest BCUT2D eigenvalue weighted by Gasteiger charge is 2.37. The molecule has 1 fully saturated rings. The molecule has 2 rings (SSSR count). The van der Waals surface area contributed by atoms with Crippen LogP contribution in [0.5, 0.6) is 5.75 Å². The van der Waals surface area contributed by atoms with Crippen LogP contribution in [0.2, 0.25) is 0 Å². The van der Waals surface area contributed by atoms with Crippen LogP contribution in [0.3, 0.4) is 0 Å². The van der Waals surface area contributed by atoms with Crippen LogP contribution in [0, 0.1) is 16.7 Å². The fourth-order valence-corrected chi connectivity index (χ4v) is 4.03. The third-order valence-corrected chi connectivity index (χ3v) is 4.43. The van der Waals surface area contributed by atoms with Crippen molar-refractivity contribution in [2.24, 2.45) is 5.92 Å². The predicted octanol–water partition coefficient (Wildman–Crippen LogP) is 4.28. The van der Waals surface area contributed by atoms with E-state index in [1.807, 2.05) is 0 Å². The molecule has 1 aliphatic rings. The van der Waals surface area contributed by atoms with Gasteiger partial charge in [0.2, 0.25) is 0 Å². The summed E-state index contributed by atoms with van der Waals surface area (Å²) in [7, 11) is 0. The smallest absolute Gasteiger partial charge is 0.124 e. The molecule has 1 aromatic rings. The van der Waals surface area contributed by atoms with E-state index in [-0.39, 0.29) is 22.5 Å². The molecule has 4 nitrogen and oxygen atoms in total. The van der Waals surface area contributed by atoms with E-state index in [0.29, 0.717) is 17.2 Å². The Balaban J connectivity index is 1.98. The summed E-state index contributed by atoms with van der Waals surface area (Å²) in [5, 5.41) is 29.7. The zero-order valence-corrected chi connectivity index (χ0v) is 15.1. The highest BCUT2D eigenvalue weighted by atomic mass is 16.3. The van der Waals surface area contributed by atoms with E-state index in [0.717, 1.165) is 19.3 Å². The van der Waals surface area contributed by atoms with Crippen LogP contribution in [0.25, 0.3) is 0 Å². The van der Waals surface area contributed by atoms with Gasteiger partial charge in [-0.25, -0.2) is 0 Å². The Hall–Kier alpha value is -1.94. The minimum atomic E-state index is 0.0823. The molecule has 0 atom stereocenters. The van der Waals surface area contributed by atoms with Gasteiger partial charge in [0.15, 0.2) is 0 Å². The van der Waals surface area contributed by atoms with Gasteiger partial charge in [0.1, 0.15) is 5.75 Å². The first-order valence-corrected chi connectivity index (χ1v) is 8.50.